The summed E-state index contributed by atoms with van der Waals surface area (Å²) in [6.45, 7) is 22.7. The zero-order valence-corrected chi connectivity index (χ0v) is 25.6. The second-order valence-corrected chi connectivity index (χ2v) is 8.53. The Morgan fingerprint density at radius 1 is 0.676 bits per heavy atom. The predicted octanol–water partition coefficient (Wildman–Crippen LogP) is 11.2. The lowest BCUT2D eigenvalue weighted by Gasteiger charge is -2.21. The maximum Gasteiger partial charge on any atom is 0.123 e. The summed E-state index contributed by atoms with van der Waals surface area (Å²) in [7, 11) is 0. The minimum atomic E-state index is 0.338. The molecule has 0 saturated heterocycles. The van der Waals surface area contributed by atoms with Gasteiger partial charge in [-0.2, -0.15) is 0 Å². The number of fused-ring (bicyclic) bond motifs is 3. The number of benzene rings is 3. The van der Waals surface area contributed by atoms with Gasteiger partial charge in [0.1, 0.15) is 11.5 Å². The molecule has 3 aromatic carbocycles. The highest BCUT2D eigenvalue weighted by molar-refractivity contribution is 5.87. The van der Waals surface area contributed by atoms with E-state index in [-0.39, 0.29) is 0 Å². The van der Waals surface area contributed by atoms with Crippen LogP contribution in [-0.2, 0) is 0 Å². The topological polar surface area (TPSA) is 40.5 Å². The number of phenolic OH excluding ortho intramolecular Hbond substituents is 2. The average molecular weight is 509 g/mol. The molecule has 0 spiro atoms. The van der Waals surface area contributed by atoms with Crippen molar-refractivity contribution in [2.75, 3.05) is 0 Å². The van der Waals surface area contributed by atoms with E-state index in [0.717, 1.165) is 40.0 Å². The van der Waals surface area contributed by atoms with Gasteiger partial charge in [-0.1, -0.05) is 130 Å². The quantitative estimate of drug-likeness (QED) is 0.321. The molecule has 3 aromatic rings. The molecular formula is C35H56O2. The van der Waals surface area contributed by atoms with Gasteiger partial charge >= 0.3 is 0 Å². The van der Waals surface area contributed by atoms with Gasteiger partial charge in [-0.25, -0.2) is 0 Å². The van der Waals surface area contributed by atoms with Crippen LogP contribution in [0.1, 0.15) is 87.6 Å². The van der Waals surface area contributed by atoms with Gasteiger partial charge in [-0.05, 0) is 72.6 Å². The van der Waals surface area contributed by atoms with Crippen LogP contribution in [0, 0.1) is 30.6 Å². The molecule has 3 atom stereocenters. The fourth-order valence-corrected chi connectivity index (χ4v) is 4.43. The number of aryl methyl sites for hydroxylation is 1. The van der Waals surface area contributed by atoms with Crippen LogP contribution in [0.25, 0.3) is 10.8 Å². The van der Waals surface area contributed by atoms with Gasteiger partial charge in [-0.15, -0.1) is 0 Å². The van der Waals surface area contributed by atoms with Crippen molar-refractivity contribution in [2.24, 2.45) is 23.7 Å². The molecule has 2 nitrogen and oxygen atoms in total. The van der Waals surface area contributed by atoms with Gasteiger partial charge in [0.15, 0.2) is 0 Å². The third-order valence-electron chi connectivity index (χ3n) is 5.95. The highest BCUT2D eigenvalue weighted by Crippen LogP contribution is 2.46. The zero-order valence-electron chi connectivity index (χ0n) is 25.6. The summed E-state index contributed by atoms with van der Waals surface area (Å²) in [5, 5.41) is 20.2. The number of rotatable bonds is 1. The van der Waals surface area contributed by atoms with Gasteiger partial charge in [0.05, 0.1) is 0 Å². The number of phenols is 2. The fourth-order valence-electron chi connectivity index (χ4n) is 4.43. The smallest absolute Gasteiger partial charge is 0.123 e. The van der Waals surface area contributed by atoms with E-state index in [1.54, 1.807) is 18.2 Å². The normalized spacial score (nSPS) is 17.5. The lowest BCUT2D eigenvalue weighted by atomic mass is 9.84. The van der Waals surface area contributed by atoms with Crippen molar-refractivity contribution in [3.05, 3.63) is 84.4 Å². The van der Waals surface area contributed by atoms with E-state index in [4.69, 9.17) is 5.11 Å². The van der Waals surface area contributed by atoms with Crippen molar-refractivity contribution in [3.63, 3.8) is 0 Å². The zero-order chi connectivity index (χ0) is 28.8. The third kappa shape index (κ3) is 13.4. The summed E-state index contributed by atoms with van der Waals surface area (Å²) in [4.78, 5) is 0. The number of hydrogen-bond acceptors (Lipinski definition) is 2. The van der Waals surface area contributed by atoms with Gasteiger partial charge in [0.2, 0.25) is 0 Å². The molecule has 2 heteroatoms. The highest BCUT2D eigenvalue weighted by Gasteiger charge is 2.36. The van der Waals surface area contributed by atoms with E-state index < -0.39 is 0 Å². The summed E-state index contributed by atoms with van der Waals surface area (Å²) in [6, 6.07) is 20.4. The minimum Gasteiger partial charge on any atom is -0.508 e. The second-order valence-electron chi connectivity index (χ2n) is 8.53. The van der Waals surface area contributed by atoms with Crippen LogP contribution in [0.2, 0.25) is 0 Å². The minimum absolute atomic E-state index is 0.338. The summed E-state index contributed by atoms with van der Waals surface area (Å²) in [5.41, 5.74) is 1.09. The third-order valence-corrected chi connectivity index (χ3v) is 5.95. The van der Waals surface area contributed by atoms with Crippen LogP contribution in [-0.4, -0.2) is 10.2 Å². The Hall–Kier alpha value is -2.74. The molecule has 208 valence electrons. The standard InChI is InChI=1S/C10H8O.C10H16.C7H8O.4C2H6/c11-10-7-3-5-8-4-1-2-6-9(8)10;1-7(2)10-6-8-3-4-9(10)5-8;1-6-3-2-4-7(8)5-6;4*1-2/h1-7,11H;3-4,7-10H,5-6H2,1-2H3;2-5,8H,1H3;4*1-2H3. The Morgan fingerprint density at radius 3 is 1.65 bits per heavy atom. The van der Waals surface area contributed by atoms with Crippen LogP contribution >= 0.6 is 0 Å². The van der Waals surface area contributed by atoms with Crippen molar-refractivity contribution in [1.82, 2.24) is 0 Å². The molecule has 1 fully saturated rings. The van der Waals surface area contributed by atoms with Crippen molar-refractivity contribution in [2.45, 2.75) is 89.0 Å². The molecule has 2 N–H and O–H groups in total. The van der Waals surface area contributed by atoms with Gasteiger partial charge in [0, 0.05) is 5.39 Å². The first-order valence-corrected chi connectivity index (χ1v) is 14.5. The van der Waals surface area contributed by atoms with Crippen molar-refractivity contribution >= 4 is 10.8 Å². The first-order valence-electron chi connectivity index (χ1n) is 14.5. The van der Waals surface area contributed by atoms with Crippen LogP contribution in [0.15, 0.2) is 78.9 Å². The monoisotopic (exact) mass is 508 g/mol. The highest BCUT2D eigenvalue weighted by atomic mass is 16.3. The first-order chi connectivity index (χ1) is 17.9. The van der Waals surface area contributed by atoms with Gasteiger partial charge in [0.25, 0.3) is 0 Å². The summed E-state index contributed by atoms with van der Waals surface area (Å²) in [6.07, 6.45) is 7.80. The molecule has 0 heterocycles. The molecule has 37 heavy (non-hydrogen) atoms. The summed E-state index contributed by atoms with van der Waals surface area (Å²) >= 11 is 0. The van der Waals surface area contributed by atoms with Crippen LogP contribution < -0.4 is 0 Å². The largest absolute Gasteiger partial charge is 0.508 e. The molecule has 0 amide bonds. The molecule has 0 aromatic heterocycles. The van der Waals surface area contributed by atoms with E-state index in [9.17, 15) is 5.11 Å². The Morgan fingerprint density at radius 2 is 1.24 bits per heavy atom. The first kappa shape index (κ1) is 36.4. The SMILES string of the molecule is CC.CC.CC.CC.CC(C)C1CC2C=CC1C2.Cc1cccc(O)c1.Oc1cccc2ccccc12. The molecule has 0 radical (unpaired) electrons. The molecule has 0 aliphatic heterocycles. The van der Waals surface area contributed by atoms with E-state index in [0.29, 0.717) is 11.5 Å². The van der Waals surface area contributed by atoms with E-state index >= 15 is 0 Å². The van der Waals surface area contributed by atoms with Crippen molar-refractivity contribution < 1.29 is 10.2 Å². The van der Waals surface area contributed by atoms with Gasteiger partial charge < -0.3 is 10.2 Å². The second kappa shape index (κ2) is 22.5. The van der Waals surface area contributed by atoms with Crippen molar-refractivity contribution in [3.8, 4) is 11.5 Å². The molecule has 5 rings (SSSR count). The number of hydrogen-bond donors (Lipinski definition) is 2. The maximum atomic E-state index is 9.37. The lowest BCUT2D eigenvalue weighted by Crippen LogP contribution is -2.13. The van der Waals surface area contributed by atoms with E-state index in [1.807, 2.05) is 111 Å². The molecular weight excluding hydrogens is 452 g/mol. The molecule has 3 unspecified atom stereocenters. The Bertz CT molecular complexity index is 936. The number of aromatic hydroxyl groups is 2. The van der Waals surface area contributed by atoms with E-state index in [2.05, 4.69) is 26.0 Å². The van der Waals surface area contributed by atoms with Crippen LogP contribution in [0.4, 0.5) is 0 Å². The van der Waals surface area contributed by atoms with E-state index in [1.165, 1.54) is 12.8 Å². The molecule has 2 aliphatic carbocycles. The molecule has 2 aliphatic rings. The fraction of sp³-hybridized carbons (Fsp3) is 0.486. The lowest BCUT2D eigenvalue weighted by molar-refractivity contribution is 0.331. The Kier molecular flexibility index (Phi) is 22.1. The Labute approximate surface area is 229 Å². The summed E-state index contributed by atoms with van der Waals surface area (Å²) in [5.74, 6) is 4.51. The van der Waals surface area contributed by atoms with Crippen LogP contribution in [0.3, 0.4) is 0 Å². The van der Waals surface area contributed by atoms with Gasteiger partial charge in [-0.3, -0.25) is 0 Å². The van der Waals surface area contributed by atoms with Crippen LogP contribution in [0.5, 0.6) is 11.5 Å². The average Bonchev–Trinajstić information content (AvgIpc) is 3.59. The Balaban J connectivity index is 0. The molecule has 1 saturated carbocycles. The number of allylic oxidation sites excluding steroid dienone is 2. The van der Waals surface area contributed by atoms with Crippen molar-refractivity contribution in [1.29, 1.82) is 0 Å². The predicted molar refractivity (Wildman–Crippen MR) is 168 cm³/mol. The molecule has 2 bridgehead atoms. The summed E-state index contributed by atoms with van der Waals surface area (Å²) < 4.78 is 0. The maximum absolute atomic E-state index is 9.37.